The molecule has 1 aromatic heterocycles. The number of amides is 1. The molecule has 0 bridgehead atoms. The lowest BCUT2D eigenvalue weighted by molar-refractivity contribution is -0.385. The van der Waals surface area contributed by atoms with Crippen LogP contribution in [0.2, 0.25) is 0 Å². The Morgan fingerprint density at radius 3 is 3.05 bits per heavy atom. The minimum absolute atomic E-state index is 0.0313. The van der Waals surface area contributed by atoms with Gasteiger partial charge in [-0.3, -0.25) is 19.6 Å². The summed E-state index contributed by atoms with van der Waals surface area (Å²) in [6.45, 7) is 2.52. The van der Waals surface area contributed by atoms with Crippen molar-refractivity contribution in [3.63, 3.8) is 0 Å². The summed E-state index contributed by atoms with van der Waals surface area (Å²) in [7, 11) is 1.50. The van der Waals surface area contributed by atoms with E-state index in [0.29, 0.717) is 6.61 Å². The second-order valence-electron chi connectivity index (χ2n) is 4.57. The van der Waals surface area contributed by atoms with Gasteiger partial charge >= 0.3 is 5.69 Å². The summed E-state index contributed by atoms with van der Waals surface area (Å²) >= 11 is 0. The van der Waals surface area contributed by atoms with Crippen LogP contribution in [-0.4, -0.2) is 39.4 Å². The highest BCUT2D eigenvalue weighted by Gasteiger charge is 2.29. The maximum absolute atomic E-state index is 12.1. The van der Waals surface area contributed by atoms with Crippen LogP contribution >= 0.6 is 0 Å². The van der Waals surface area contributed by atoms with Crippen molar-refractivity contribution in [2.45, 2.75) is 31.9 Å². The molecule has 1 N–H and O–H groups in total. The molecule has 0 aliphatic carbocycles. The van der Waals surface area contributed by atoms with Crippen molar-refractivity contribution >= 4 is 11.6 Å². The van der Waals surface area contributed by atoms with Crippen LogP contribution in [0.25, 0.3) is 0 Å². The fraction of sp³-hybridized carbons (Fsp3) is 0.636. The summed E-state index contributed by atoms with van der Waals surface area (Å²) < 4.78 is 6.67. The molecule has 2 rings (SSSR count). The zero-order valence-electron chi connectivity index (χ0n) is 10.8. The van der Waals surface area contributed by atoms with E-state index in [1.807, 2.05) is 6.92 Å². The number of carbonyl (C=O) groups excluding carboxylic acids is 1. The number of ether oxygens (including phenoxy) is 1. The van der Waals surface area contributed by atoms with Crippen LogP contribution in [0, 0.1) is 10.1 Å². The Morgan fingerprint density at radius 1 is 1.74 bits per heavy atom. The van der Waals surface area contributed by atoms with Gasteiger partial charge in [0.1, 0.15) is 6.20 Å². The predicted molar refractivity (Wildman–Crippen MR) is 65.8 cm³/mol. The summed E-state index contributed by atoms with van der Waals surface area (Å²) in [6.07, 6.45) is 2.90. The minimum Gasteiger partial charge on any atom is -0.376 e. The molecule has 104 valence electrons. The average molecular weight is 268 g/mol. The van der Waals surface area contributed by atoms with Crippen molar-refractivity contribution in [3.8, 4) is 0 Å². The molecule has 0 aromatic carbocycles. The molecule has 19 heavy (non-hydrogen) atoms. The molecular weight excluding hydrogens is 252 g/mol. The number of hydrogen-bond donors (Lipinski definition) is 1. The van der Waals surface area contributed by atoms with Crippen LogP contribution in [0.15, 0.2) is 6.20 Å². The van der Waals surface area contributed by atoms with Gasteiger partial charge in [0.2, 0.25) is 5.69 Å². The number of nitro groups is 1. The standard InChI is InChI=1S/C11H16N4O4/c1-7(9-4-3-5-19-9)13-11(16)10-8(15(17)18)6-12-14(10)2/h6-7,9H,3-5H2,1-2H3,(H,13,16)/t7-,9-/m0/s1. The van der Waals surface area contributed by atoms with E-state index in [0.717, 1.165) is 19.0 Å². The summed E-state index contributed by atoms with van der Waals surface area (Å²) in [4.78, 5) is 22.3. The van der Waals surface area contributed by atoms with E-state index in [2.05, 4.69) is 10.4 Å². The second-order valence-corrected chi connectivity index (χ2v) is 4.57. The van der Waals surface area contributed by atoms with E-state index in [1.165, 1.54) is 11.7 Å². The molecule has 1 amide bonds. The molecule has 1 fully saturated rings. The Balaban J connectivity index is 2.11. The molecule has 8 nitrogen and oxygen atoms in total. The molecule has 1 aromatic rings. The van der Waals surface area contributed by atoms with Crippen molar-refractivity contribution < 1.29 is 14.5 Å². The van der Waals surface area contributed by atoms with E-state index in [-0.39, 0.29) is 23.5 Å². The van der Waals surface area contributed by atoms with E-state index >= 15 is 0 Å². The lowest BCUT2D eigenvalue weighted by Gasteiger charge is -2.19. The highest BCUT2D eigenvalue weighted by Crippen LogP contribution is 2.19. The quantitative estimate of drug-likeness (QED) is 0.637. The van der Waals surface area contributed by atoms with Gasteiger partial charge in [0.15, 0.2) is 0 Å². The number of rotatable bonds is 4. The number of aryl methyl sites for hydroxylation is 1. The number of nitrogens with zero attached hydrogens (tertiary/aromatic N) is 3. The van der Waals surface area contributed by atoms with Gasteiger partial charge in [-0.05, 0) is 19.8 Å². The lowest BCUT2D eigenvalue weighted by Crippen LogP contribution is -2.41. The fourth-order valence-electron chi connectivity index (χ4n) is 2.19. The van der Waals surface area contributed by atoms with Crippen LogP contribution in [0.4, 0.5) is 5.69 Å². The first-order valence-electron chi connectivity index (χ1n) is 6.09. The number of hydrogen-bond acceptors (Lipinski definition) is 5. The Morgan fingerprint density at radius 2 is 2.47 bits per heavy atom. The number of aromatic nitrogens is 2. The second kappa shape index (κ2) is 5.35. The van der Waals surface area contributed by atoms with Crippen LogP contribution in [0.1, 0.15) is 30.3 Å². The van der Waals surface area contributed by atoms with Gasteiger partial charge in [-0.2, -0.15) is 5.10 Å². The monoisotopic (exact) mass is 268 g/mol. The van der Waals surface area contributed by atoms with E-state index < -0.39 is 10.8 Å². The highest BCUT2D eigenvalue weighted by atomic mass is 16.6. The molecule has 0 unspecified atom stereocenters. The van der Waals surface area contributed by atoms with Gasteiger partial charge in [-0.15, -0.1) is 0 Å². The molecule has 0 radical (unpaired) electrons. The summed E-state index contributed by atoms with van der Waals surface area (Å²) in [5, 5.41) is 17.3. The smallest absolute Gasteiger partial charge is 0.320 e. The summed E-state index contributed by atoms with van der Waals surface area (Å²) in [5.74, 6) is -0.505. The van der Waals surface area contributed by atoms with E-state index in [4.69, 9.17) is 4.74 Å². The Labute approximate surface area is 109 Å². The van der Waals surface area contributed by atoms with Gasteiger partial charge in [-0.25, -0.2) is 0 Å². The lowest BCUT2D eigenvalue weighted by atomic mass is 10.1. The van der Waals surface area contributed by atoms with Gasteiger partial charge in [-0.1, -0.05) is 0 Å². The Bertz CT molecular complexity index is 493. The predicted octanol–water partition coefficient (Wildman–Crippen LogP) is 0.626. The Hall–Kier alpha value is -1.96. The molecule has 0 spiro atoms. The molecule has 1 aliphatic rings. The summed E-state index contributed by atoms with van der Waals surface area (Å²) in [6, 6.07) is -0.190. The van der Waals surface area contributed by atoms with Crippen LogP contribution in [-0.2, 0) is 11.8 Å². The average Bonchev–Trinajstić information content (AvgIpc) is 2.96. The van der Waals surface area contributed by atoms with Crippen LogP contribution < -0.4 is 5.32 Å². The molecule has 8 heteroatoms. The molecule has 1 saturated heterocycles. The molecule has 2 atom stereocenters. The maximum atomic E-state index is 12.1. The SMILES string of the molecule is C[C@H](NC(=O)c1c([N+](=O)[O-])cnn1C)[C@@H]1CCCO1. The third-order valence-electron chi connectivity index (χ3n) is 3.21. The van der Waals surface area contributed by atoms with Crippen LogP contribution in [0.3, 0.4) is 0 Å². The fourth-order valence-corrected chi connectivity index (χ4v) is 2.19. The number of nitrogens with one attached hydrogen (secondary N) is 1. The topological polar surface area (TPSA) is 99.3 Å². The zero-order chi connectivity index (χ0) is 14.0. The largest absolute Gasteiger partial charge is 0.376 e. The normalized spacial score (nSPS) is 20.2. The van der Waals surface area contributed by atoms with Crippen molar-refractivity contribution in [3.05, 3.63) is 22.0 Å². The Kier molecular flexibility index (Phi) is 3.79. The van der Waals surface area contributed by atoms with Gasteiger partial charge in [0, 0.05) is 13.7 Å². The molecule has 0 saturated carbocycles. The molecular formula is C11H16N4O4. The van der Waals surface area contributed by atoms with Gasteiger partial charge < -0.3 is 10.1 Å². The first-order valence-corrected chi connectivity index (χ1v) is 6.09. The molecule has 1 aliphatic heterocycles. The molecule has 2 heterocycles. The summed E-state index contributed by atoms with van der Waals surface area (Å²) in [5.41, 5.74) is -0.339. The van der Waals surface area contributed by atoms with E-state index in [1.54, 1.807) is 0 Å². The van der Waals surface area contributed by atoms with E-state index in [9.17, 15) is 14.9 Å². The third-order valence-corrected chi connectivity index (χ3v) is 3.21. The van der Waals surface area contributed by atoms with Gasteiger partial charge in [0.25, 0.3) is 5.91 Å². The maximum Gasteiger partial charge on any atom is 0.320 e. The van der Waals surface area contributed by atoms with Crippen LogP contribution in [0.5, 0.6) is 0 Å². The first kappa shape index (κ1) is 13.5. The first-order chi connectivity index (χ1) is 9.00. The third kappa shape index (κ3) is 2.73. The van der Waals surface area contributed by atoms with Crippen molar-refractivity contribution in [1.82, 2.24) is 15.1 Å². The highest BCUT2D eigenvalue weighted by molar-refractivity contribution is 5.96. The zero-order valence-corrected chi connectivity index (χ0v) is 10.8. The van der Waals surface area contributed by atoms with Crippen molar-refractivity contribution in [1.29, 1.82) is 0 Å². The number of carbonyl (C=O) groups is 1. The minimum atomic E-state index is -0.612. The van der Waals surface area contributed by atoms with Gasteiger partial charge in [0.05, 0.1) is 17.1 Å². The van der Waals surface area contributed by atoms with Crippen molar-refractivity contribution in [2.24, 2.45) is 7.05 Å². The van der Waals surface area contributed by atoms with Crippen molar-refractivity contribution in [2.75, 3.05) is 6.61 Å².